The number of benzene rings is 2. The fourth-order valence-electron chi connectivity index (χ4n) is 4.85. The van der Waals surface area contributed by atoms with Crippen LogP contribution in [0.4, 0.5) is 10.2 Å². The number of piperazine rings is 1. The van der Waals surface area contributed by atoms with Crippen molar-refractivity contribution in [1.82, 2.24) is 14.8 Å². The summed E-state index contributed by atoms with van der Waals surface area (Å²) in [6.07, 6.45) is 2.02. The Bertz CT molecular complexity index is 1270. The van der Waals surface area contributed by atoms with Gasteiger partial charge in [-0.1, -0.05) is 67.1 Å². The van der Waals surface area contributed by atoms with Crippen molar-refractivity contribution in [3.8, 4) is 0 Å². The molecule has 1 aliphatic heterocycles. The van der Waals surface area contributed by atoms with Gasteiger partial charge in [-0.3, -0.25) is 14.6 Å². The largest absolute Gasteiger partial charge is 0.460 e. The molecular formula is C32H38ClFN4O2. The first-order valence-corrected chi connectivity index (χ1v) is 14.1. The van der Waals surface area contributed by atoms with Gasteiger partial charge in [-0.05, 0) is 42.8 Å². The molecule has 6 nitrogen and oxygen atoms in total. The van der Waals surface area contributed by atoms with E-state index in [1.54, 1.807) is 18.3 Å². The second-order valence-corrected chi connectivity index (χ2v) is 10.8. The molecule has 8 heteroatoms. The van der Waals surface area contributed by atoms with Gasteiger partial charge in [-0.15, -0.1) is 0 Å². The summed E-state index contributed by atoms with van der Waals surface area (Å²) in [5, 5.41) is 0.468. The minimum absolute atomic E-state index is 0.213. The molecule has 0 spiro atoms. The molecule has 0 atom stereocenters. The van der Waals surface area contributed by atoms with Crippen LogP contribution in [0, 0.1) is 5.82 Å². The van der Waals surface area contributed by atoms with E-state index in [2.05, 4.69) is 57.5 Å². The summed E-state index contributed by atoms with van der Waals surface area (Å²) in [7, 11) is 0. The van der Waals surface area contributed by atoms with E-state index in [0.29, 0.717) is 17.1 Å². The van der Waals surface area contributed by atoms with Gasteiger partial charge in [-0.2, -0.15) is 0 Å². The van der Waals surface area contributed by atoms with Crippen molar-refractivity contribution in [2.24, 2.45) is 0 Å². The van der Waals surface area contributed by atoms with E-state index in [0.717, 1.165) is 62.8 Å². The lowest BCUT2D eigenvalue weighted by Gasteiger charge is -2.36. The normalized spacial score (nSPS) is 14.0. The predicted octanol–water partition coefficient (Wildman–Crippen LogP) is 6.23. The number of pyridine rings is 1. The van der Waals surface area contributed by atoms with E-state index in [9.17, 15) is 9.18 Å². The molecule has 0 saturated carbocycles. The quantitative estimate of drug-likeness (QED) is 0.192. The Hall–Kier alpha value is -3.26. The lowest BCUT2D eigenvalue weighted by Crippen LogP contribution is -2.46. The van der Waals surface area contributed by atoms with E-state index >= 15 is 0 Å². The van der Waals surface area contributed by atoms with Gasteiger partial charge in [0.05, 0.1) is 6.42 Å². The maximum atomic E-state index is 14.3. The number of ether oxygens (including phenoxy) is 1. The van der Waals surface area contributed by atoms with Gasteiger partial charge in [0.25, 0.3) is 0 Å². The van der Waals surface area contributed by atoms with Crippen LogP contribution in [0.3, 0.4) is 0 Å². The zero-order chi connectivity index (χ0) is 28.5. The van der Waals surface area contributed by atoms with Crippen molar-refractivity contribution in [2.45, 2.75) is 46.5 Å². The summed E-state index contributed by atoms with van der Waals surface area (Å²) in [5.41, 5.74) is 4.70. The van der Waals surface area contributed by atoms with Crippen LogP contribution < -0.4 is 4.90 Å². The van der Waals surface area contributed by atoms with Gasteiger partial charge < -0.3 is 9.64 Å². The van der Waals surface area contributed by atoms with E-state index in [-0.39, 0.29) is 24.8 Å². The molecule has 1 aromatic heterocycles. The zero-order valence-electron chi connectivity index (χ0n) is 23.4. The Morgan fingerprint density at radius 3 is 2.45 bits per heavy atom. The third kappa shape index (κ3) is 8.37. The number of esters is 1. The van der Waals surface area contributed by atoms with Crippen LogP contribution in [-0.2, 0) is 35.8 Å². The molecule has 0 bridgehead atoms. The standard InChI is InChI=1S/C32H38ClFN4O2/c1-4-36(22-28-29(33)8-5-9-30(28)34)20-25-10-12-26(13-11-25)21-37-15-17-38(18-16-37)32-27(7-6-14-35-32)23-40-31(39)19-24(2)3/h5-14H,2,4,15-23H2,1,3H3. The number of rotatable bonds is 12. The number of anilines is 1. The number of carbonyl (C=O) groups excluding carboxylic acids is 1. The van der Waals surface area contributed by atoms with Crippen LogP contribution in [0.1, 0.15) is 42.5 Å². The first-order chi connectivity index (χ1) is 19.3. The summed E-state index contributed by atoms with van der Waals surface area (Å²) >= 11 is 6.24. The van der Waals surface area contributed by atoms with Crippen molar-refractivity contribution >= 4 is 23.4 Å². The van der Waals surface area contributed by atoms with Gasteiger partial charge in [0.2, 0.25) is 0 Å². The van der Waals surface area contributed by atoms with E-state index in [1.807, 2.05) is 19.1 Å². The lowest BCUT2D eigenvalue weighted by molar-refractivity contribution is -0.144. The monoisotopic (exact) mass is 564 g/mol. The maximum absolute atomic E-state index is 14.3. The fourth-order valence-corrected chi connectivity index (χ4v) is 5.08. The van der Waals surface area contributed by atoms with Crippen molar-refractivity contribution in [3.05, 3.63) is 106 Å². The summed E-state index contributed by atoms with van der Waals surface area (Å²) < 4.78 is 19.7. The van der Waals surface area contributed by atoms with E-state index < -0.39 is 0 Å². The summed E-state index contributed by atoms with van der Waals surface area (Å²) in [6.45, 7) is 14.3. The number of halogens is 2. The number of nitrogens with zero attached hydrogens (tertiary/aromatic N) is 4. The highest BCUT2D eigenvalue weighted by Crippen LogP contribution is 2.23. The molecule has 0 unspecified atom stereocenters. The fraction of sp³-hybridized carbons (Fsp3) is 0.375. The third-order valence-corrected chi connectivity index (χ3v) is 7.45. The van der Waals surface area contributed by atoms with Crippen LogP contribution in [-0.4, -0.2) is 53.5 Å². The molecule has 212 valence electrons. The molecule has 4 rings (SSSR count). The second-order valence-electron chi connectivity index (χ2n) is 10.4. The summed E-state index contributed by atoms with van der Waals surface area (Å²) in [4.78, 5) is 23.5. The second kappa shape index (κ2) is 14.4. The molecular weight excluding hydrogens is 527 g/mol. The van der Waals surface area contributed by atoms with Crippen LogP contribution in [0.5, 0.6) is 0 Å². The molecule has 0 radical (unpaired) electrons. The molecule has 0 amide bonds. The molecule has 3 aromatic rings. The number of hydrogen-bond acceptors (Lipinski definition) is 6. The summed E-state index contributed by atoms with van der Waals surface area (Å²) in [5.74, 6) is 0.351. The molecule has 1 fully saturated rings. The van der Waals surface area contributed by atoms with Crippen LogP contribution in [0.25, 0.3) is 0 Å². The minimum atomic E-state index is -0.268. The van der Waals surface area contributed by atoms with Crippen LogP contribution >= 0.6 is 11.6 Å². The van der Waals surface area contributed by atoms with Gasteiger partial charge >= 0.3 is 5.97 Å². The van der Waals surface area contributed by atoms with Crippen molar-refractivity contribution in [3.63, 3.8) is 0 Å². The lowest BCUT2D eigenvalue weighted by atomic mass is 10.1. The Kier molecular flexibility index (Phi) is 10.7. The molecule has 1 saturated heterocycles. The van der Waals surface area contributed by atoms with E-state index in [1.165, 1.54) is 17.2 Å². The SMILES string of the molecule is C=C(C)CC(=O)OCc1cccnc1N1CCN(Cc2ccc(CN(CC)Cc3c(F)cccc3Cl)cc2)CC1. The molecule has 0 N–H and O–H groups in total. The first-order valence-electron chi connectivity index (χ1n) is 13.8. The number of carbonyl (C=O) groups is 1. The number of hydrogen-bond donors (Lipinski definition) is 0. The van der Waals surface area contributed by atoms with Crippen LogP contribution in [0.15, 0.2) is 72.9 Å². The Morgan fingerprint density at radius 2 is 1.77 bits per heavy atom. The molecule has 0 aliphatic carbocycles. The van der Waals surface area contributed by atoms with Crippen molar-refractivity contribution in [1.29, 1.82) is 0 Å². The number of aromatic nitrogens is 1. The molecule has 2 aromatic carbocycles. The van der Waals surface area contributed by atoms with Gasteiger partial charge in [-0.25, -0.2) is 9.37 Å². The smallest absolute Gasteiger partial charge is 0.310 e. The first kappa shape index (κ1) is 29.7. The molecule has 1 aliphatic rings. The van der Waals surface area contributed by atoms with Crippen LogP contribution in [0.2, 0.25) is 5.02 Å². The highest BCUT2D eigenvalue weighted by Gasteiger charge is 2.21. The minimum Gasteiger partial charge on any atom is -0.460 e. The van der Waals surface area contributed by atoms with E-state index in [4.69, 9.17) is 16.3 Å². The van der Waals surface area contributed by atoms with Crippen molar-refractivity contribution < 1.29 is 13.9 Å². The zero-order valence-corrected chi connectivity index (χ0v) is 24.2. The summed E-state index contributed by atoms with van der Waals surface area (Å²) in [6, 6.07) is 17.4. The molecule has 40 heavy (non-hydrogen) atoms. The Balaban J connectivity index is 1.27. The van der Waals surface area contributed by atoms with Gasteiger partial charge in [0.15, 0.2) is 0 Å². The van der Waals surface area contributed by atoms with Crippen molar-refractivity contribution in [2.75, 3.05) is 37.6 Å². The van der Waals surface area contributed by atoms with Gasteiger partial charge in [0.1, 0.15) is 18.2 Å². The molecule has 2 heterocycles. The maximum Gasteiger partial charge on any atom is 0.310 e. The highest BCUT2D eigenvalue weighted by molar-refractivity contribution is 6.31. The Morgan fingerprint density at radius 1 is 1.05 bits per heavy atom. The average molecular weight is 565 g/mol. The predicted molar refractivity (Wildman–Crippen MR) is 159 cm³/mol. The van der Waals surface area contributed by atoms with Gasteiger partial charge in [0, 0.05) is 68.2 Å². The average Bonchev–Trinajstić information content (AvgIpc) is 2.94. The highest BCUT2D eigenvalue weighted by atomic mass is 35.5. The third-order valence-electron chi connectivity index (χ3n) is 7.10. The topological polar surface area (TPSA) is 48.9 Å². The Labute approximate surface area is 242 Å².